The molecular weight excluding hydrogens is 360 g/mol. The quantitative estimate of drug-likeness (QED) is 0.694. The number of carbonyl (C=O) groups excluding carboxylic acids is 1. The van der Waals surface area contributed by atoms with E-state index < -0.39 is 0 Å². The average Bonchev–Trinajstić information content (AvgIpc) is 2.31. The Morgan fingerprint density at radius 3 is 2.50 bits per heavy atom. The predicted octanol–water partition coefficient (Wildman–Crippen LogP) is 5.21. The highest BCUT2D eigenvalue weighted by Crippen LogP contribution is 2.31. The molecule has 0 saturated heterocycles. The van der Waals surface area contributed by atoms with E-state index in [-0.39, 0.29) is 5.78 Å². The number of rotatable bonds is 3. The Morgan fingerprint density at radius 1 is 1.11 bits per heavy atom. The number of carbonyl (C=O) groups is 1. The van der Waals surface area contributed by atoms with E-state index in [2.05, 4.69) is 31.9 Å². The summed E-state index contributed by atoms with van der Waals surface area (Å²) in [7, 11) is 0. The first-order chi connectivity index (χ1) is 8.56. The van der Waals surface area contributed by atoms with E-state index in [4.69, 9.17) is 4.74 Å². The van der Waals surface area contributed by atoms with E-state index in [0.29, 0.717) is 11.3 Å². The molecule has 2 aromatic carbocycles. The largest absolute Gasteiger partial charge is 0.456 e. The summed E-state index contributed by atoms with van der Waals surface area (Å²) in [5.41, 5.74) is 0.656. The summed E-state index contributed by atoms with van der Waals surface area (Å²) in [6.45, 7) is 1.54. The molecule has 0 aromatic heterocycles. The minimum atomic E-state index is 0.0321. The van der Waals surface area contributed by atoms with Crippen LogP contribution in [-0.2, 0) is 0 Å². The SMILES string of the molecule is CC(=O)c1ccc(Oc2cccc(Br)c2)c(Br)c1. The molecule has 0 bridgehead atoms. The van der Waals surface area contributed by atoms with Gasteiger partial charge in [-0.05, 0) is 59.3 Å². The molecule has 0 atom stereocenters. The average molecular weight is 370 g/mol. The summed E-state index contributed by atoms with van der Waals surface area (Å²) in [5, 5.41) is 0. The second-order valence-corrected chi connectivity index (χ2v) is 5.53. The van der Waals surface area contributed by atoms with E-state index in [9.17, 15) is 4.79 Å². The molecule has 0 fully saturated rings. The van der Waals surface area contributed by atoms with E-state index in [1.54, 1.807) is 18.2 Å². The molecule has 2 nitrogen and oxygen atoms in total. The van der Waals surface area contributed by atoms with Gasteiger partial charge in [0.1, 0.15) is 11.5 Å². The Bertz CT molecular complexity index is 594. The lowest BCUT2D eigenvalue weighted by molar-refractivity contribution is 0.101. The van der Waals surface area contributed by atoms with Gasteiger partial charge in [0.05, 0.1) is 4.47 Å². The van der Waals surface area contributed by atoms with Gasteiger partial charge in [0, 0.05) is 10.0 Å². The van der Waals surface area contributed by atoms with Crippen molar-refractivity contribution >= 4 is 37.6 Å². The van der Waals surface area contributed by atoms with Crippen LogP contribution in [0.15, 0.2) is 51.4 Å². The van der Waals surface area contributed by atoms with Crippen molar-refractivity contribution < 1.29 is 9.53 Å². The van der Waals surface area contributed by atoms with Crippen LogP contribution in [0.25, 0.3) is 0 Å². The summed E-state index contributed by atoms with van der Waals surface area (Å²) in [6, 6.07) is 12.9. The molecule has 0 aliphatic heterocycles. The van der Waals surface area contributed by atoms with E-state index in [1.165, 1.54) is 6.92 Å². The van der Waals surface area contributed by atoms with Crippen LogP contribution in [0.1, 0.15) is 17.3 Å². The Labute approximate surface area is 122 Å². The van der Waals surface area contributed by atoms with Crippen LogP contribution in [0.2, 0.25) is 0 Å². The van der Waals surface area contributed by atoms with Gasteiger partial charge < -0.3 is 4.74 Å². The molecule has 0 aliphatic carbocycles. The van der Waals surface area contributed by atoms with Crippen molar-refractivity contribution in [3.8, 4) is 11.5 Å². The zero-order valence-corrected chi connectivity index (χ0v) is 12.8. The first kappa shape index (κ1) is 13.3. The molecule has 0 spiro atoms. The van der Waals surface area contributed by atoms with Crippen molar-refractivity contribution in [2.45, 2.75) is 6.92 Å². The van der Waals surface area contributed by atoms with Crippen LogP contribution < -0.4 is 4.74 Å². The monoisotopic (exact) mass is 368 g/mol. The van der Waals surface area contributed by atoms with Crippen molar-refractivity contribution in [1.29, 1.82) is 0 Å². The van der Waals surface area contributed by atoms with Gasteiger partial charge >= 0.3 is 0 Å². The molecule has 0 aliphatic rings. The third kappa shape index (κ3) is 3.21. The van der Waals surface area contributed by atoms with E-state index in [0.717, 1.165) is 14.7 Å². The van der Waals surface area contributed by atoms with Gasteiger partial charge in [-0.1, -0.05) is 22.0 Å². The number of Topliss-reactive ketones (excluding diaryl/α,β-unsaturated/α-hetero) is 1. The molecular formula is C14H10Br2O2. The molecule has 0 saturated carbocycles. The minimum Gasteiger partial charge on any atom is -0.456 e. The third-order valence-corrected chi connectivity index (χ3v) is 3.48. The van der Waals surface area contributed by atoms with Crippen molar-refractivity contribution in [2.24, 2.45) is 0 Å². The summed E-state index contributed by atoms with van der Waals surface area (Å²) < 4.78 is 7.45. The van der Waals surface area contributed by atoms with Gasteiger partial charge in [-0.15, -0.1) is 0 Å². The standard InChI is InChI=1S/C14H10Br2O2/c1-9(17)10-5-6-14(13(16)7-10)18-12-4-2-3-11(15)8-12/h2-8H,1H3. The molecule has 0 heterocycles. The predicted molar refractivity (Wildman–Crippen MR) is 78.4 cm³/mol. The highest BCUT2D eigenvalue weighted by Gasteiger charge is 2.06. The molecule has 0 N–H and O–H groups in total. The van der Waals surface area contributed by atoms with E-state index in [1.807, 2.05) is 24.3 Å². The fraction of sp³-hybridized carbons (Fsp3) is 0.0714. The number of hydrogen-bond donors (Lipinski definition) is 0. The molecule has 0 unspecified atom stereocenters. The second kappa shape index (κ2) is 5.67. The second-order valence-electron chi connectivity index (χ2n) is 3.76. The molecule has 18 heavy (non-hydrogen) atoms. The Hall–Kier alpha value is -1.13. The maximum absolute atomic E-state index is 11.2. The normalized spacial score (nSPS) is 10.2. The lowest BCUT2D eigenvalue weighted by Crippen LogP contribution is -1.93. The van der Waals surface area contributed by atoms with Crippen molar-refractivity contribution in [3.05, 3.63) is 57.0 Å². The van der Waals surface area contributed by atoms with Gasteiger partial charge in [-0.3, -0.25) is 4.79 Å². The number of benzene rings is 2. The number of ketones is 1. The van der Waals surface area contributed by atoms with Crippen molar-refractivity contribution in [1.82, 2.24) is 0 Å². The smallest absolute Gasteiger partial charge is 0.159 e. The van der Waals surface area contributed by atoms with Crippen LogP contribution in [0.4, 0.5) is 0 Å². The van der Waals surface area contributed by atoms with Crippen molar-refractivity contribution in [3.63, 3.8) is 0 Å². The zero-order chi connectivity index (χ0) is 13.1. The minimum absolute atomic E-state index is 0.0321. The first-order valence-corrected chi connectivity index (χ1v) is 6.89. The highest BCUT2D eigenvalue weighted by molar-refractivity contribution is 9.10. The molecule has 0 radical (unpaired) electrons. The van der Waals surface area contributed by atoms with Gasteiger partial charge in [-0.25, -0.2) is 0 Å². The summed E-state index contributed by atoms with van der Waals surface area (Å²) >= 11 is 6.79. The van der Waals surface area contributed by atoms with Crippen LogP contribution in [-0.4, -0.2) is 5.78 Å². The molecule has 92 valence electrons. The first-order valence-electron chi connectivity index (χ1n) is 5.30. The van der Waals surface area contributed by atoms with Gasteiger partial charge in [0.15, 0.2) is 5.78 Å². The van der Waals surface area contributed by atoms with Gasteiger partial charge in [0.2, 0.25) is 0 Å². The van der Waals surface area contributed by atoms with Gasteiger partial charge in [0.25, 0.3) is 0 Å². The topological polar surface area (TPSA) is 26.3 Å². The molecule has 2 aromatic rings. The van der Waals surface area contributed by atoms with Crippen LogP contribution in [0.5, 0.6) is 11.5 Å². The van der Waals surface area contributed by atoms with Crippen LogP contribution in [0.3, 0.4) is 0 Å². The summed E-state index contributed by atoms with van der Waals surface area (Å²) in [5.74, 6) is 1.45. The number of hydrogen-bond acceptors (Lipinski definition) is 2. The highest BCUT2D eigenvalue weighted by atomic mass is 79.9. The lowest BCUT2D eigenvalue weighted by Gasteiger charge is -2.08. The fourth-order valence-corrected chi connectivity index (χ4v) is 2.30. The maximum Gasteiger partial charge on any atom is 0.159 e. The molecule has 2 rings (SSSR count). The van der Waals surface area contributed by atoms with Gasteiger partial charge in [-0.2, -0.15) is 0 Å². The fourth-order valence-electron chi connectivity index (χ4n) is 1.46. The Morgan fingerprint density at radius 2 is 1.89 bits per heavy atom. The van der Waals surface area contributed by atoms with Crippen LogP contribution in [0, 0.1) is 0 Å². The lowest BCUT2D eigenvalue weighted by atomic mass is 10.1. The summed E-state index contributed by atoms with van der Waals surface area (Å²) in [6.07, 6.45) is 0. The number of ether oxygens (including phenoxy) is 1. The van der Waals surface area contributed by atoms with Crippen molar-refractivity contribution in [2.75, 3.05) is 0 Å². The Balaban J connectivity index is 2.27. The molecule has 4 heteroatoms. The maximum atomic E-state index is 11.2. The Kier molecular flexibility index (Phi) is 4.19. The van der Waals surface area contributed by atoms with E-state index >= 15 is 0 Å². The molecule has 0 amide bonds. The third-order valence-electron chi connectivity index (χ3n) is 2.36. The summed E-state index contributed by atoms with van der Waals surface area (Å²) in [4.78, 5) is 11.2. The van der Waals surface area contributed by atoms with Crippen LogP contribution >= 0.6 is 31.9 Å². The zero-order valence-electron chi connectivity index (χ0n) is 9.61. The number of halogens is 2.